The van der Waals surface area contributed by atoms with Gasteiger partial charge in [0.2, 0.25) is 5.92 Å². The van der Waals surface area contributed by atoms with Crippen LogP contribution >= 0.6 is 0 Å². The fraction of sp³-hybridized carbons (Fsp3) is 0.483. The van der Waals surface area contributed by atoms with Crippen LogP contribution in [0.25, 0.3) is 0 Å². The quantitative estimate of drug-likeness (QED) is 0.373. The molecule has 218 valence electrons. The Kier molecular flexibility index (Phi) is 6.49. The Morgan fingerprint density at radius 2 is 1.90 bits per heavy atom. The lowest BCUT2D eigenvalue weighted by molar-refractivity contribution is -0.138. The number of nitrogens with one attached hydrogen (secondary N) is 1. The predicted octanol–water partition coefficient (Wildman–Crippen LogP) is 5.22. The van der Waals surface area contributed by atoms with Crippen LogP contribution in [0.15, 0.2) is 42.7 Å². The predicted molar refractivity (Wildman–Crippen MR) is 140 cm³/mol. The number of hydrogen-bond acceptors (Lipinski definition) is 5. The zero-order valence-corrected chi connectivity index (χ0v) is 22.8. The van der Waals surface area contributed by atoms with E-state index in [9.17, 15) is 26.7 Å². The van der Waals surface area contributed by atoms with Crippen LogP contribution in [0.1, 0.15) is 64.6 Å². The highest BCUT2D eigenvalue weighted by Crippen LogP contribution is 2.50. The summed E-state index contributed by atoms with van der Waals surface area (Å²) in [7, 11) is 3.50. The second kappa shape index (κ2) is 9.59. The third kappa shape index (κ3) is 4.80. The normalized spacial score (nSPS) is 25.8. The standard InChI is InChI=1S/C29H30F5N5O2/c1-27(30,31)23-10-24(23)35-13-16-7-20-21(22(8-16)29(32,33)34)14-39(25(20)40)18-6-4-5-17(9-18)28(11-19(12-28)41-3)26-37-36-15-38(26)2/h4-9,15,19,23-24,35H,10-14H2,1-3H3/t19-,23-,24-,28-/m1/s1. The van der Waals surface area contributed by atoms with Gasteiger partial charge >= 0.3 is 6.18 Å². The summed E-state index contributed by atoms with van der Waals surface area (Å²) in [6.45, 7) is 0.566. The minimum Gasteiger partial charge on any atom is -0.381 e. The van der Waals surface area contributed by atoms with E-state index in [-0.39, 0.29) is 42.3 Å². The van der Waals surface area contributed by atoms with E-state index in [4.69, 9.17) is 4.74 Å². The Morgan fingerprint density at radius 1 is 1.15 bits per heavy atom. The SMILES string of the molecule is CO[C@H]1C[C@](c2cccc(N3Cc4c(cc(CN[C@@H]5C[C@H]5C(C)(F)F)cc4C(F)(F)F)C3=O)c2)(c2nncn2C)C1. The number of hydrogen-bond donors (Lipinski definition) is 1. The van der Waals surface area contributed by atoms with Gasteiger partial charge in [0.25, 0.3) is 5.91 Å². The molecule has 0 bridgehead atoms. The van der Waals surface area contributed by atoms with Gasteiger partial charge in [0, 0.05) is 43.9 Å². The number of halogens is 5. The molecule has 0 spiro atoms. The molecule has 2 heterocycles. The molecule has 2 fully saturated rings. The average Bonchev–Trinajstić information content (AvgIpc) is 3.47. The number of nitrogens with zero attached hydrogens (tertiary/aromatic N) is 4. The monoisotopic (exact) mass is 575 g/mol. The molecule has 2 aliphatic carbocycles. The Balaban J connectivity index is 1.30. The van der Waals surface area contributed by atoms with Gasteiger partial charge in [-0.3, -0.25) is 4.79 Å². The zero-order chi connectivity index (χ0) is 29.3. The van der Waals surface area contributed by atoms with E-state index in [0.717, 1.165) is 24.4 Å². The molecule has 2 saturated carbocycles. The number of aryl methyl sites for hydroxylation is 1. The number of aromatic nitrogens is 3. The molecule has 3 aliphatic rings. The van der Waals surface area contributed by atoms with Gasteiger partial charge in [-0.25, -0.2) is 8.78 Å². The maximum Gasteiger partial charge on any atom is 0.416 e. The van der Waals surface area contributed by atoms with E-state index < -0.39 is 40.9 Å². The van der Waals surface area contributed by atoms with Gasteiger partial charge in [0.05, 0.1) is 23.6 Å². The van der Waals surface area contributed by atoms with Crippen molar-refractivity contribution in [3.05, 3.63) is 76.4 Å². The number of methoxy groups -OCH3 is 1. The second-order valence-corrected chi connectivity index (χ2v) is 11.5. The van der Waals surface area contributed by atoms with Gasteiger partial charge < -0.3 is 19.5 Å². The van der Waals surface area contributed by atoms with Crippen molar-refractivity contribution in [1.29, 1.82) is 0 Å². The average molecular weight is 576 g/mol. The number of anilines is 1. The first-order valence-corrected chi connectivity index (χ1v) is 13.5. The number of ether oxygens (including phenoxy) is 1. The second-order valence-electron chi connectivity index (χ2n) is 11.5. The van der Waals surface area contributed by atoms with Crippen LogP contribution in [0.2, 0.25) is 0 Å². The smallest absolute Gasteiger partial charge is 0.381 e. The Labute approximate surface area is 233 Å². The van der Waals surface area contributed by atoms with E-state index in [1.165, 1.54) is 11.0 Å². The molecule has 7 nitrogen and oxygen atoms in total. The van der Waals surface area contributed by atoms with Gasteiger partial charge in [-0.1, -0.05) is 12.1 Å². The fourth-order valence-corrected chi connectivity index (χ4v) is 6.38. The van der Waals surface area contributed by atoms with Crippen molar-refractivity contribution in [2.75, 3.05) is 12.0 Å². The van der Waals surface area contributed by atoms with Crippen molar-refractivity contribution in [3.63, 3.8) is 0 Å². The van der Waals surface area contributed by atoms with E-state index in [1.807, 2.05) is 23.7 Å². The molecule has 2 atom stereocenters. The van der Waals surface area contributed by atoms with Crippen molar-refractivity contribution >= 4 is 11.6 Å². The van der Waals surface area contributed by atoms with E-state index in [0.29, 0.717) is 18.5 Å². The minimum atomic E-state index is -4.69. The topological polar surface area (TPSA) is 72.3 Å². The van der Waals surface area contributed by atoms with E-state index in [2.05, 4.69) is 15.5 Å². The molecule has 12 heteroatoms. The molecule has 3 aromatic rings. The highest BCUT2D eigenvalue weighted by molar-refractivity contribution is 6.10. The lowest BCUT2D eigenvalue weighted by atomic mass is 9.62. The number of benzene rings is 2. The lowest BCUT2D eigenvalue weighted by Gasteiger charge is -2.46. The maximum absolute atomic E-state index is 14.2. The van der Waals surface area contributed by atoms with Gasteiger partial charge in [0.15, 0.2) is 0 Å². The van der Waals surface area contributed by atoms with Crippen LogP contribution in [0.5, 0.6) is 0 Å². The summed E-state index contributed by atoms with van der Waals surface area (Å²) < 4.78 is 77.0. The van der Waals surface area contributed by atoms with Gasteiger partial charge in [-0.2, -0.15) is 13.2 Å². The summed E-state index contributed by atoms with van der Waals surface area (Å²) in [6, 6.07) is 9.24. The van der Waals surface area contributed by atoms with E-state index in [1.54, 1.807) is 25.6 Å². The number of rotatable bonds is 8. The van der Waals surface area contributed by atoms with Crippen LogP contribution in [-0.2, 0) is 36.5 Å². The molecule has 1 aromatic heterocycles. The largest absolute Gasteiger partial charge is 0.416 e. The lowest BCUT2D eigenvalue weighted by Crippen LogP contribution is -2.48. The maximum atomic E-state index is 14.2. The molecular weight excluding hydrogens is 545 g/mol. The van der Waals surface area contributed by atoms with Crippen LogP contribution < -0.4 is 10.2 Å². The summed E-state index contributed by atoms with van der Waals surface area (Å²) in [4.78, 5) is 14.9. The minimum absolute atomic E-state index is 0.0175. The van der Waals surface area contributed by atoms with E-state index >= 15 is 0 Å². The van der Waals surface area contributed by atoms with Crippen LogP contribution in [0.4, 0.5) is 27.6 Å². The van der Waals surface area contributed by atoms with Crippen molar-refractivity contribution in [1.82, 2.24) is 20.1 Å². The molecule has 0 unspecified atom stereocenters. The highest BCUT2D eigenvalue weighted by atomic mass is 19.4. The molecule has 0 radical (unpaired) electrons. The molecule has 0 saturated heterocycles. The Bertz CT molecular complexity index is 1490. The number of carbonyl (C=O) groups is 1. The van der Waals surface area contributed by atoms with Crippen molar-refractivity contribution < 1.29 is 31.5 Å². The third-order valence-corrected chi connectivity index (χ3v) is 8.75. The first-order valence-electron chi connectivity index (χ1n) is 13.5. The summed E-state index contributed by atoms with van der Waals surface area (Å²) in [5, 5.41) is 11.3. The summed E-state index contributed by atoms with van der Waals surface area (Å²) in [5.41, 5.74) is 0.0637. The fourth-order valence-electron chi connectivity index (χ4n) is 6.38. The molecule has 1 N–H and O–H groups in total. The summed E-state index contributed by atoms with van der Waals surface area (Å²) >= 11 is 0. The molecule has 41 heavy (non-hydrogen) atoms. The summed E-state index contributed by atoms with van der Waals surface area (Å²) in [5.74, 6) is -3.49. The number of amides is 1. The highest BCUT2D eigenvalue weighted by Gasteiger charge is 2.52. The molecule has 6 rings (SSSR count). The van der Waals surface area contributed by atoms with Gasteiger partial charge in [-0.15, -0.1) is 10.2 Å². The molecular formula is C29H30F5N5O2. The molecule has 1 aliphatic heterocycles. The van der Waals surface area contributed by atoms with Crippen molar-refractivity contribution in [2.24, 2.45) is 13.0 Å². The third-order valence-electron chi connectivity index (χ3n) is 8.75. The first-order chi connectivity index (χ1) is 19.3. The van der Waals surface area contributed by atoms with Crippen LogP contribution in [-0.4, -0.2) is 45.8 Å². The first kappa shape index (κ1) is 27.8. The Morgan fingerprint density at radius 3 is 2.51 bits per heavy atom. The van der Waals surface area contributed by atoms with Crippen LogP contribution in [0, 0.1) is 5.92 Å². The number of alkyl halides is 5. The number of carbonyl (C=O) groups excluding carboxylic acids is 1. The summed E-state index contributed by atoms with van der Waals surface area (Å²) in [6.07, 6.45) is -1.51. The molecule has 1 amide bonds. The van der Waals surface area contributed by atoms with Crippen molar-refractivity contribution in [2.45, 2.75) is 68.9 Å². The van der Waals surface area contributed by atoms with Gasteiger partial charge in [-0.05, 0) is 67.1 Å². The molecule has 2 aromatic carbocycles. The van der Waals surface area contributed by atoms with Crippen molar-refractivity contribution in [3.8, 4) is 0 Å². The van der Waals surface area contributed by atoms with Crippen LogP contribution in [0.3, 0.4) is 0 Å². The Hall–Kier alpha value is -3.38. The van der Waals surface area contributed by atoms with Gasteiger partial charge in [0.1, 0.15) is 12.2 Å². The zero-order valence-electron chi connectivity index (χ0n) is 22.8. The number of fused-ring (bicyclic) bond motifs is 1.